The third-order valence-electron chi connectivity index (χ3n) is 3.90. The SMILES string of the molecule is O=C(Nc1cccc(-c2ccn[nH]2)c1)c1ccc(Oc2ccccc2)nc1. The van der Waals surface area contributed by atoms with E-state index < -0.39 is 0 Å². The summed E-state index contributed by atoms with van der Waals surface area (Å²) in [6, 6.07) is 22.1. The normalized spacial score (nSPS) is 10.4. The highest BCUT2D eigenvalue weighted by Crippen LogP contribution is 2.22. The molecule has 4 rings (SSSR count). The van der Waals surface area contributed by atoms with Crippen LogP contribution in [0.4, 0.5) is 5.69 Å². The Morgan fingerprint density at radius 1 is 0.963 bits per heavy atom. The number of anilines is 1. The van der Waals surface area contributed by atoms with E-state index in [0.29, 0.717) is 22.9 Å². The van der Waals surface area contributed by atoms with Crippen LogP contribution in [0.25, 0.3) is 11.3 Å². The van der Waals surface area contributed by atoms with E-state index in [1.807, 2.05) is 60.7 Å². The molecular formula is C21H16N4O2. The molecule has 2 heterocycles. The van der Waals surface area contributed by atoms with E-state index in [4.69, 9.17) is 4.74 Å². The molecule has 4 aromatic rings. The number of rotatable bonds is 5. The Bertz CT molecular complexity index is 1030. The summed E-state index contributed by atoms with van der Waals surface area (Å²) in [7, 11) is 0. The third-order valence-corrected chi connectivity index (χ3v) is 3.90. The number of carbonyl (C=O) groups excluding carboxylic acids is 1. The predicted molar refractivity (Wildman–Crippen MR) is 103 cm³/mol. The Hall–Kier alpha value is -3.93. The van der Waals surface area contributed by atoms with Gasteiger partial charge in [-0.3, -0.25) is 9.89 Å². The molecule has 132 valence electrons. The van der Waals surface area contributed by atoms with Crippen molar-refractivity contribution in [1.29, 1.82) is 0 Å². The van der Waals surface area contributed by atoms with Crippen LogP contribution < -0.4 is 10.1 Å². The van der Waals surface area contributed by atoms with Gasteiger partial charge >= 0.3 is 0 Å². The Balaban J connectivity index is 1.45. The number of aromatic nitrogens is 3. The fourth-order valence-corrected chi connectivity index (χ4v) is 2.57. The number of H-pyrrole nitrogens is 1. The fourth-order valence-electron chi connectivity index (χ4n) is 2.57. The van der Waals surface area contributed by atoms with Gasteiger partial charge in [0.2, 0.25) is 5.88 Å². The second kappa shape index (κ2) is 7.53. The first-order valence-corrected chi connectivity index (χ1v) is 8.38. The van der Waals surface area contributed by atoms with Gasteiger partial charge in [-0.2, -0.15) is 5.10 Å². The molecule has 0 saturated carbocycles. The van der Waals surface area contributed by atoms with Crippen LogP contribution in [-0.2, 0) is 0 Å². The summed E-state index contributed by atoms with van der Waals surface area (Å²) >= 11 is 0. The molecule has 0 aliphatic carbocycles. The summed E-state index contributed by atoms with van der Waals surface area (Å²) < 4.78 is 5.64. The lowest BCUT2D eigenvalue weighted by Crippen LogP contribution is -2.12. The highest BCUT2D eigenvalue weighted by Gasteiger charge is 2.09. The minimum absolute atomic E-state index is 0.240. The number of pyridine rings is 1. The molecule has 0 aliphatic heterocycles. The van der Waals surface area contributed by atoms with Crippen LogP contribution in [0, 0.1) is 0 Å². The van der Waals surface area contributed by atoms with Gasteiger partial charge in [0.1, 0.15) is 5.75 Å². The Morgan fingerprint density at radius 2 is 1.85 bits per heavy atom. The minimum atomic E-state index is -0.240. The maximum Gasteiger partial charge on any atom is 0.257 e. The monoisotopic (exact) mass is 356 g/mol. The van der Waals surface area contributed by atoms with Crippen LogP contribution in [0.3, 0.4) is 0 Å². The largest absolute Gasteiger partial charge is 0.439 e. The smallest absolute Gasteiger partial charge is 0.257 e. The average Bonchev–Trinajstić information content (AvgIpc) is 3.24. The fraction of sp³-hybridized carbons (Fsp3) is 0. The zero-order valence-corrected chi connectivity index (χ0v) is 14.3. The zero-order chi connectivity index (χ0) is 18.5. The maximum atomic E-state index is 12.5. The van der Waals surface area contributed by atoms with Gasteiger partial charge in [-0.15, -0.1) is 0 Å². The number of hydrogen-bond donors (Lipinski definition) is 2. The number of para-hydroxylation sites is 1. The molecule has 2 aromatic carbocycles. The van der Waals surface area contributed by atoms with Crippen LogP contribution >= 0.6 is 0 Å². The van der Waals surface area contributed by atoms with Crippen molar-refractivity contribution in [3.8, 4) is 22.9 Å². The van der Waals surface area contributed by atoms with Crippen molar-refractivity contribution in [2.24, 2.45) is 0 Å². The van der Waals surface area contributed by atoms with Crippen molar-refractivity contribution in [3.63, 3.8) is 0 Å². The molecule has 2 aromatic heterocycles. The van der Waals surface area contributed by atoms with Crippen molar-refractivity contribution in [3.05, 3.63) is 90.8 Å². The number of carbonyl (C=O) groups is 1. The van der Waals surface area contributed by atoms with Gasteiger partial charge in [-0.05, 0) is 36.4 Å². The van der Waals surface area contributed by atoms with Crippen LogP contribution in [0.15, 0.2) is 85.2 Å². The number of benzene rings is 2. The van der Waals surface area contributed by atoms with Crippen LogP contribution in [-0.4, -0.2) is 21.1 Å². The molecule has 1 amide bonds. The van der Waals surface area contributed by atoms with E-state index in [-0.39, 0.29) is 5.91 Å². The van der Waals surface area contributed by atoms with Crippen molar-refractivity contribution in [2.75, 3.05) is 5.32 Å². The summed E-state index contributed by atoms with van der Waals surface area (Å²) in [4.78, 5) is 16.7. The molecule has 0 radical (unpaired) electrons. The Morgan fingerprint density at radius 3 is 2.59 bits per heavy atom. The standard InChI is InChI=1S/C21H16N4O2/c26-21(24-17-6-4-5-15(13-17)19-11-12-23-25-19)16-9-10-20(22-14-16)27-18-7-2-1-3-8-18/h1-14H,(H,23,25)(H,24,26). The Labute approximate surface area is 155 Å². The van der Waals surface area contributed by atoms with Crippen LogP contribution in [0.2, 0.25) is 0 Å². The second-order valence-electron chi connectivity index (χ2n) is 5.81. The first-order chi connectivity index (χ1) is 13.3. The van der Waals surface area contributed by atoms with Gasteiger partial charge in [0.15, 0.2) is 0 Å². The lowest BCUT2D eigenvalue weighted by Gasteiger charge is -2.08. The molecule has 6 nitrogen and oxygen atoms in total. The molecule has 0 atom stereocenters. The topological polar surface area (TPSA) is 79.9 Å². The van der Waals surface area contributed by atoms with Gasteiger partial charge in [-0.1, -0.05) is 30.3 Å². The van der Waals surface area contributed by atoms with Gasteiger partial charge < -0.3 is 10.1 Å². The molecule has 0 aliphatic rings. The number of nitrogens with one attached hydrogen (secondary N) is 2. The molecule has 0 fully saturated rings. The minimum Gasteiger partial charge on any atom is -0.439 e. The lowest BCUT2D eigenvalue weighted by atomic mass is 10.1. The van der Waals surface area contributed by atoms with Crippen LogP contribution in [0.5, 0.6) is 11.6 Å². The van der Waals surface area contributed by atoms with Crippen molar-refractivity contribution >= 4 is 11.6 Å². The zero-order valence-electron chi connectivity index (χ0n) is 14.3. The predicted octanol–water partition coefficient (Wildman–Crippen LogP) is 4.52. The number of hydrogen-bond acceptors (Lipinski definition) is 4. The van der Waals surface area contributed by atoms with E-state index >= 15 is 0 Å². The highest BCUT2D eigenvalue weighted by molar-refractivity contribution is 6.04. The molecule has 6 heteroatoms. The summed E-state index contributed by atoms with van der Waals surface area (Å²) in [5.41, 5.74) is 2.96. The first kappa shape index (κ1) is 16.5. The van der Waals surface area contributed by atoms with Crippen molar-refractivity contribution in [1.82, 2.24) is 15.2 Å². The second-order valence-corrected chi connectivity index (χ2v) is 5.81. The summed E-state index contributed by atoms with van der Waals surface area (Å²) in [6.45, 7) is 0. The summed E-state index contributed by atoms with van der Waals surface area (Å²) in [5.74, 6) is 0.882. The third kappa shape index (κ3) is 4.01. The van der Waals surface area contributed by atoms with E-state index in [2.05, 4.69) is 20.5 Å². The number of nitrogens with zero attached hydrogens (tertiary/aromatic N) is 2. The van der Waals surface area contributed by atoms with E-state index in [1.54, 1.807) is 18.3 Å². The maximum absolute atomic E-state index is 12.5. The average molecular weight is 356 g/mol. The molecular weight excluding hydrogens is 340 g/mol. The van der Waals surface area contributed by atoms with Crippen LogP contribution in [0.1, 0.15) is 10.4 Å². The van der Waals surface area contributed by atoms with Gasteiger partial charge in [-0.25, -0.2) is 4.98 Å². The van der Waals surface area contributed by atoms with Crippen molar-refractivity contribution < 1.29 is 9.53 Å². The molecule has 0 spiro atoms. The number of ether oxygens (including phenoxy) is 1. The Kier molecular flexibility index (Phi) is 4.61. The molecule has 27 heavy (non-hydrogen) atoms. The van der Waals surface area contributed by atoms with E-state index in [9.17, 15) is 4.79 Å². The quantitative estimate of drug-likeness (QED) is 0.551. The summed E-state index contributed by atoms with van der Waals surface area (Å²) in [6.07, 6.45) is 3.18. The van der Waals surface area contributed by atoms with Gasteiger partial charge in [0, 0.05) is 29.7 Å². The molecule has 2 N–H and O–H groups in total. The highest BCUT2D eigenvalue weighted by atomic mass is 16.5. The van der Waals surface area contributed by atoms with Gasteiger partial charge in [0.05, 0.1) is 11.3 Å². The van der Waals surface area contributed by atoms with Gasteiger partial charge in [0.25, 0.3) is 5.91 Å². The van der Waals surface area contributed by atoms with Crippen molar-refractivity contribution in [2.45, 2.75) is 0 Å². The summed E-state index contributed by atoms with van der Waals surface area (Å²) in [5, 5.41) is 9.72. The van der Waals surface area contributed by atoms with E-state index in [1.165, 1.54) is 6.20 Å². The number of aromatic amines is 1. The molecule has 0 bridgehead atoms. The molecule has 0 saturated heterocycles. The lowest BCUT2D eigenvalue weighted by molar-refractivity contribution is 0.102. The molecule has 0 unspecified atom stereocenters. The van der Waals surface area contributed by atoms with E-state index in [0.717, 1.165) is 11.3 Å². The first-order valence-electron chi connectivity index (χ1n) is 8.38. The number of amides is 1.